The number of fused-ring (bicyclic) bond motifs is 1. The highest BCUT2D eigenvalue weighted by Crippen LogP contribution is 2.35. The smallest absolute Gasteiger partial charge is 0.310 e. The van der Waals surface area contributed by atoms with Crippen molar-refractivity contribution in [2.75, 3.05) is 18.0 Å². The number of esters is 1. The Kier molecular flexibility index (Phi) is 5.66. The maximum atomic E-state index is 14.9. The van der Waals surface area contributed by atoms with E-state index in [-0.39, 0.29) is 23.6 Å². The van der Waals surface area contributed by atoms with Gasteiger partial charge in [0, 0.05) is 24.9 Å². The molecule has 0 bridgehead atoms. The molecule has 4 rings (SSSR count). The van der Waals surface area contributed by atoms with E-state index in [2.05, 4.69) is 16.8 Å². The quantitative estimate of drug-likeness (QED) is 0.434. The van der Waals surface area contributed by atoms with Gasteiger partial charge in [-0.05, 0) is 55.5 Å². The summed E-state index contributed by atoms with van der Waals surface area (Å²) in [6.45, 7) is 7.76. The zero-order valence-electron chi connectivity index (χ0n) is 17.6. The predicted molar refractivity (Wildman–Crippen MR) is 116 cm³/mol. The molecule has 2 heterocycles. The Hall–Kier alpha value is -3.02. The molecule has 1 aromatic heterocycles. The first-order chi connectivity index (χ1) is 14.5. The van der Waals surface area contributed by atoms with Crippen molar-refractivity contribution in [1.82, 2.24) is 9.97 Å². The van der Waals surface area contributed by atoms with Gasteiger partial charge in [-0.2, -0.15) is 0 Å². The van der Waals surface area contributed by atoms with Crippen LogP contribution in [0.4, 0.5) is 10.2 Å². The summed E-state index contributed by atoms with van der Waals surface area (Å²) in [5.41, 5.74) is 1.94. The van der Waals surface area contributed by atoms with E-state index in [9.17, 15) is 9.18 Å². The molecule has 0 N–H and O–H groups in total. The first-order valence-corrected chi connectivity index (χ1v) is 10.5. The van der Waals surface area contributed by atoms with Gasteiger partial charge in [0.25, 0.3) is 0 Å². The van der Waals surface area contributed by atoms with Gasteiger partial charge in [-0.3, -0.25) is 4.79 Å². The predicted octanol–water partition coefficient (Wildman–Crippen LogP) is 5.30. The van der Waals surface area contributed by atoms with Crippen LogP contribution < -0.4 is 9.64 Å². The fourth-order valence-electron chi connectivity index (χ4n) is 3.80. The molecule has 0 aliphatic carbocycles. The summed E-state index contributed by atoms with van der Waals surface area (Å²) in [4.78, 5) is 23.6. The Balaban J connectivity index is 1.89. The van der Waals surface area contributed by atoms with E-state index in [1.807, 2.05) is 25.1 Å². The van der Waals surface area contributed by atoms with E-state index in [0.717, 1.165) is 48.2 Å². The van der Waals surface area contributed by atoms with Crippen LogP contribution in [0, 0.1) is 18.7 Å². The topological polar surface area (TPSA) is 55.3 Å². The van der Waals surface area contributed by atoms with E-state index in [4.69, 9.17) is 9.72 Å². The molecule has 1 fully saturated rings. The Bertz CT molecular complexity index is 1090. The van der Waals surface area contributed by atoms with Gasteiger partial charge in [0.15, 0.2) is 5.82 Å². The number of hydrogen-bond acceptors (Lipinski definition) is 5. The van der Waals surface area contributed by atoms with Crippen molar-refractivity contribution in [3.63, 3.8) is 0 Å². The van der Waals surface area contributed by atoms with Crippen molar-refractivity contribution in [3.05, 3.63) is 47.8 Å². The lowest BCUT2D eigenvalue weighted by molar-refractivity contribution is -0.133. The van der Waals surface area contributed by atoms with Crippen LogP contribution in [-0.2, 0) is 4.79 Å². The number of nitrogens with zero attached hydrogens (tertiary/aromatic N) is 3. The highest BCUT2D eigenvalue weighted by molar-refractivity contribution is 5.92. The lowest BCUT2D eigenvalue weighted by Gasteiger charge is -2.32. The minimum atomic E-state index is -0.512. The number of carbonyl (C=O) groups excluding carboxylic acids is 1. The van der Waals surface area contributed by atoms with Crippen LogP contribution >= 0.6 is 0 Å². The third kappa shape index (κ3) is 3.99. The molecule has 0 atom stereocenters. The fourth-order valence-corrected chi connectivity index (χ4v) is 3.80. The molecule has 0 spiro atoms. The number of rotatable bonds is 4. The molecule has 0 saturated carbocycles. The highest BCUT2D eigenvalue weighted by atomic mass is 19.1. The molecule has 156 valence electrons. The molecule has 1 aliphatic rings. The van der Waals surface area contributed by atoms with Crippen LogP contribution in [-0.4, -0.2) is 29.0 Å². The van der Waals surface area contributed by atoms with Gasteiger partial charge in [-0.25, -0.2) is 14.4 Å². The Morgan fingerprint density at radius 1 is 1.20 bits per heavy atom. The molecule has 5 nitrogen and oxygen atoms in total. The summed E-state index contributed by atoms with van der Waals surface area (Å²) in [6.07, 6.45) is 2.38. The average molecular weight is 407 g/mol. The molecule has 6 heteroatoms. The normalized spacial score (nSPS) is 14.9. The van der Waals surface area contributed by atoms with Crippen LogP contribution in [0.1, 0.15) is 38.7 Å². The number of anilines is 1. The molecule has 3 aromatic rings. The summed E-state index contributed by atoms with van der Waals surface area (Å²) >= 11 is 0. The number of hydrogen-bond donors (Lipinski definition) is 0. The fraction of sp³-hybridized carbons (Fsp3) is 0.375. The van der Waals surface area contributed by atoms with Crippen molar-refractivity contribution in [1.29, 1.82) is 0 Å². The number of carbonyl (C=O) groups is 1. The van der Waals surface area contributed by atoms with Crippen molar-refractivity contribution in [3.8, 4) is 17.1 Å². The molecule has 1 aliphatic heterocycles. The first-order valence-electron chi connectivity index (χ1n) is 10.5. The lowest BCUT2D eigenvalue weighted by atomic mass is 9.99. The highest BCUT2D eigenvalue weighted by Gasteiger charge is 2.23. The second kappa shape index (κ2) is 8.38. The van der Waals surface area contributed by atoms with Crippen LogP contribution in [0.15, 0.2) is 36.4 Å². The molecule has 2 aromatic carbocycles. The van der Waals surface area contributed by atoms with Crippen molar-refractivity contribution in [2.24, 2.45) is 5.92 Å². The van der Waals surface area contributed by atoms with Gasteiger partial charge in [-0.15, -0.1) is 0 Å². The minimum Gasteiger partial charge on any atom is -0.426 e. The Morgan fingerprint density at radius 3 is 2.70 bits per heavy atom. The summed E-state index contributed by atoms with van der Waals surface area (Å²) in [5, 5.41) is 0.947. The summed E-state index contributed by atoms with van der Waals surface area (Å²) in [6, 6.07) is 10.5. The van der Waals surface area contributed by atoms with Crippen LogP contribution in [0.3, 0.4) is 0 Å². The van der Waals surface area contributed by atoms with E-state index >= 15 is 0 Å². The second-order valence-electron chi connectivity index (χ2n) is 8.00. The third-order valence-electron chi connectivity index (χ3n) is 5.63. The number of ether oxygens (including phenoxy) is 1. The van der Waals surface area contributed by atoms with Gasteiger partial charge in [-0.1, -0.05) is 26.0 Å². The summed E-state index contributed by atoms with van der Waals surface area (Å²) in [5.74, 6) is 0.928. The summed E-state index contributed by atoms with van der Waals surface area (Å²) in [7, 11) is 0. The monoisotopic (exact) mass is 407 g/mol. The Morgan fingerprint density at radius 2 is 1.97 bits per heavy atom. The minimum absolute atomic E-state index is 0.120. The average Bonchev–Trinajstić information content (AvgIpc) is 2.73. The number of aromatic nitrogens is 2. The summed E-state index contributed by atoms with van der Waals surface area (Å²) < 4.78 is 20.3. The van der Waals surface area contributed by atoms with Gasteiger partial charge >= 0.3 is 5.97 Å². The standard InChI is InChI=1S/C24H26FN3O2/c1-4-21(29)30-20-7-5-6-18(25)22(20)23-26-19-14-16(3)8-9-17(19)24(27-23)28-12-10-15(2)11-13-28/h5-9,14-15H,4,10-13H2,1-3H3. The van der Waals surface area contributed by atoms with Gasteiger partial charge < -0.3 is 9.64 Å². The van der Waals surface area contributed by atoms with Crippen molar-refractivity contribution >= 4 is 22.7 Å². The zero-order chi connectivity index (χ0) is 21.3. The molecule has 30 heavy (non-hydrogen) atoms. The van der Waals surface area contributed by atoms with Crippen molar-refractivity contribution < 1.29 is 13.9 Å². The van der Waals surface area contributed by atoms with Crippen LogP contribution in [0.25, 0.3) is 22.3 Å². The third-order valence-corrected chi connectivity index (χ3v) is 5.63. The number of piperidine rings is 1. The van der Waals surface area contributed by atoms with Crippen LogP contribution in [0.5, 0.6) is 5.75 Å². The van der Waals surface area contributed by atoms with Crippen LogP contribution in [0.2, 0.25) is 0 Å². The molecule has 0 unspecified atom stereocenters. The van der Waals surface area contributed by atoms with Gasteiger partial charge in [0.1, 0.15) is 17.4 Å². The lowest BCUT2D eigenvalue weighted by Crippen LogP contribution is -2.33. The largest absolute Gasteiger partial charge is 0.426 e. The van der Waals surface area contributed by atoms with Crippen molar-refractivity contribution in [2.45, 2.75) is 40.0 Å². The number of benzene rings is 2. The van der Waals surface area contributed by atoms with E-state index in [0.29, 0.717) is 5.92 Å². The van der Waals surface area contributed by atoms with Gasteiger partial charge in [0.2, 0.25) is 0 Å². The molecule has 1 saturated heterocycles. The zero-order valence-corrected chi connectivity index (χ0v) is 17.6. The van der Waals surface area contributed by atoms with Gasteiger partial charge in [0.05, 0.1) is 11.1 Å². The number of aryl methyl sites for hydroxylation is 1. The SMILES string of the molecule is CCC(=O)Oc1cccc(F)c1-c1nc(N2CCC(C)CC2)c2ccc(C)cc2n1. The van der Waals surface area contributed by atoms with E-state index in [1.165, 1.54) is 12.1 Å². The van der Waals surface area contributed by atoms with E-state index < -0.39 is 11.8 Å². The molecular formula is C24H26FN3O2. The maximum Gasteiger partial charge on any atom is 0.310 e. The molecule has 0 radical (unpaired) electrons. The second-order valence-corrected chi connectivity index (χ2v) is 8.00. The number of halogens is 1. The maximum absolute atomic E-state index is 14.9. The Labute approximate surface area is 175 Å². The molecular weight excluding hydrogens is 381 g/mol. The van der Waals surface area contributed by atoms with E-state index in [1.54, 1.807) is 13.0 Å². The first kappa shape index (κ1) is 20.3. The molecule has 0 amide bonds.